The zero-order valence-electron chi connectivity index (χ0n) is 15.5. The van der Waals surface area contributed by atoms with Gasteiger partial charge >= 0.3 is 6.03 Å². The van der Waals surface area contributed by atoms with E-state index in [1.807, 2.05) is 0 Å². The smallest absolute Gasteiger partial charge is 0.325 e. The van der Waals surface area contributed by atoms with Crippen LogP contribution in [-0.2, 0) is 11.3 Å². The summed E-state index contributed by atoms with van der Waals surface area (Å²) in [6, 6.07) is 10.6. The molecule has 29 heavy (non-hydrogen) atoms. The van der Waals surface area contributed by atoms with Gasteiger partial charge in [0.15, 0.2) is 0 Å². The molecule has 0 atom stereocenters. The van der Waals surface area contributed by atoms with Crippen molar-refractivity contribution in [2.24, 2.45) is 0 Å². The van der Waals surface area contributed by atoms with Crippen molar-refractivity contribution in [1.82, 2.24) is 15.1 Å². The fraction of sp³-hybridized carbons (Fsp3) is 0.286. The quantitative estimate of drug-likeness (QED) is 0.807. The summed E-state index contributed by atoms with van der Waals surface area (Å²) in [6.45, 7) is 0.593. The minimum Gasteiger partial charge on any atom is -0.338 e. The largest absolute Gasteiger partial charge is 0.338 e. The third-order valence-electron chi connectivity index (χ3n) is 5.48. The number of urea groups is 1. The van der Waals surface area contributed by atoms with E-state index >= 15 is 0 Å². The number of amides is 4. The molecule has 0 saturated carbocycles. The normalized spacial score (nSPS) is 18.3. The van der Waals surface area contributed by atoms with Crippen molar-refractivity contribution >= 4 is 17.8 Å². The lowest BCUT2D eigenvalue weighted by Crippen LogP contribution is -2.55. The third kappa shape index (κ3) is 3.57. The van der Waals surface area contributed by atoms with Gasteiger partial charge in [0.2, 0.25) is 0 Å². The van der Waals surface area contributed by atoms with Gasteiger partial charge in [-0.2, -0.15) is 0 Å². The first-order valence-electron chi connectivity index (χ1n) is 9.31. The summed E-state index contributed by atoms with van der Waals surface area (Å²) in [5.41, 5.74) is -0.151. The Morgan fingerprint density at radius 3 is 2.34 bits per heavy atom. The first kappa shape index (κ1) is 19.0. The van der Waals surface area contributed by atoms with E-state index in [1.54, 1.807) is 11.0 Å². The first-order chi connectivity index (χ1) is 13.9. The third-order valence-corrected chi connectivity index (χ3v) is 5.48. The fourth-order valence-corrected chi connectivity index (χ4v) is 3.83. The average molecular weight is 399 g/mol. The lowest BCUT2D eigenvalue weighted by molar-refractivity contribution is -0.133. The molecule has 1 N–H and O–H groups in total. The van der Waals surface area contributed by atoms with E-state index in [0.29, 0.717) is 5.56 Å². The van der Waals surface area contributed by atoms with Crippen LogP contribution in [0.5, 0.6) is 0 Å². The maximum Gasteiger partial charge on any atom is 0.325 e. The summed E-state index contributed by atoms with van der Waals surface area (Å²) in [6.07, 6.45) is 0.553. The molecule has 2 aliphatic heterocycles. The lowest BCUT2D eigenvalue weighted by atomic mass is 9.87. The molecule has 0 bridgehead atoms. The number of piperidine rings is 1. The molecule has 150 valence electrons. The predicted molar refractivity (Wildman–Crippen MR) is 99.8 cm³/mol. The number of hydrogen-bond donors (Lipinski definition) is 1. The van der Waals surface area contributed by atoms with Crippen LogP contribution in [0, 0.1) is 11.6 Å². The van der Waals surface area contributed by atoms with Crippen LogP contribution in [0.2, 0.25) is 0 Å². The monoisotopic (exact) mass is 399 g/mol. The highest BCUT2D eigenvalue weighted by Crippen LogP contribution is 2.31. The summed E-state index contributed by atoms with van der Waals surface area (Å²) in [5.74, 6) is -1.53. The van der Waals surface area contributed by atoms with E-state index in [1.165, 1.54) is 42.5 Å². The molecule has 2 aromatic rings. The lowest BCUT2D eigenvalue weighted by Gasteiger charge is -2.37. The van der Waals surface area contributed by atoms with E-state index in [2.05, 4.69) is 5.32 Å². The van der Waals surface area contributed by atoms with E-state index in [0.717, 1.165) is 4.90 Å². The SMILES string of the molecule is O=C(c1cccc(F)c1)N1CCC2(CC1)NC(=O)N(Cc1ccc(F)cc1)C2=O. The van der Waals surface area contributed by atoms with Crippen LogP contribution in [0.1, 0.15) is 28.8 Å². The van der Waals surface area contributed by atoms with Gasteiger partial charge in [-0.25, -0.2) is 13.6 Å². The van der Waals surface area contributed by atoms with E-state index in [9.17, 15) is 23.2 Å². The van der Waals surface area contributed by atoms with Crippen LogP contribution >= 0.6 is 0 Å². The second-order valence-corrected chi connectivity index (χ2v) is 7.33. The van der Waals surface area contributed by atoms with Gasteiger partial charge in [0.1, 0.15) is 17.2 Å². The molecular formula is C21H19F2N3O3. The van der Waals surface area contributed by atoms with Crippen LogP contribution in [0.4, 0.5) is 13.6 Å². The number of rotatable bonds is 3. The van der Waals surface area contributed by atoms with Gasteiger partial charge in [0.25, 0.3) is 11.8 Å². The van der Waals surface area contributed by atoms with Crippen LogP contribution < -0.4 is 5.32 Å². The number of carbonyl (C=O) groups excluding carboxylic acids is 3. The minimum absolute atomic E-state index is 0.0542. The number of imide groups is 1. The zero-order valence-corrected chi connectivity index (χ0v) is 15.5. The molecule has 4 rings (SSSR count). The Kier molecular flexibility index (Phi) is 4.77. The molecule has 6 nitrogen and oxygen atoms in total. The van der Waals surface area contributed by atoms with Crippen molar-refractivity contribution in [1.29, 1.82) is 0 Å². The van der Waals surface area contributed by atoms with E-state index in [4.69, 9.17) is 0 Å². The van der Waals surface area contributed by atoms with Crippen molar-refractivity contribution in [3.05, 3.63) is 71.3 Å². The second kappa shape index (κ2) is 7.27. The Hall–Kier alpha value is -3.29. The number of likely N-dealkylation sites (tertiary alicyclic amines) is 1. The summed E-state index contributed by atoms with van der Waals surface area (Å²) in [5, 5.41) is 2.77. The van der Waals surface area contributed by atoms with Crippen molar-refractivity contribution in [3.63, 3.8) is 0 Å². The zero-order chi connectivity index (χ0) is 20.6. The Bertz CT molecular complexity index is 969. The summed E-state index contributed by atoms with van der Waals surface area (Å²) in [7, 11) is 0. The maximum absolute atomic E-state index is 13.4. The molecular weight excluding hydrogens is 380 g/mol. The van der Waals surface area contributed by atoms with Crippen molar-refractivity contribution in [2.45, 2.75) is 24.9 Å². The molecule has 0 aliphatic carbocycles. The number of carbonyl (C=O) groups is 3. The minimum atomic E-state index is -1.05. The topological polar surface area (TPSA) is 69.7 Å². The van der Waals surface area contributed by atoms with Gasteiger partial charge in [-0.15, -0.1) is 0 Å². The fourth-order valence-electron chi connectivity index (χ4n) is 3.83. The van der Waals surface area contributed by atoms with Crippen molar-refractivity contribution in [2.75, 3.05) is 13.1 Å². The Labute approximate surface area is 166 Å². The standard InChI is InChI=1S/C21H19F2N3O3/c22-16-6-4-14(5-7-16)13-26-19(28)21(24-20(26)29)8-10-25(11-9-21)18(27)15-2-1-3-17(23)12-15/h1-7,12H,8-11,13H2,(H,24,29). The molecule has 0 radical (unpaired) electrons. The second-order valence-electron chi connectivity index (χ2n) is 7.33. The van der Waals surface area contributed by atoms with Gasteiger partial charge in [0.05, 0.1) is 6.54 Å². The van der Waals surface area contributed by atoms with Crippen LogP contribution in [-0.4, -0.2) is 46.3 Å². The molecule has 2 fully saturated rings. The molecule has 8 heteroatoms. The number of nitrogens with one attached hydrogen (secondary N) is 1. The summed E-state index contributed by atoms with van der Waals surface area (Å²) in [4.78, 5) is 40.6. The maximum atomic E-state index is 13.4. The molecule has 2 saturated heterocycles. The molecule has 0 unspecified atom stereocenters. The molecule has 2 heterocycles. The van der Waals surface area contributed by atoms with Gasteiger partial charge in [-0.3, -0.25) is 14.5 Å². The van der Waals surface area contributed by atoms with Crippen LogP contribution in [0.25, 0.3) is 0 Å². The highest BCUT2D eigenvalue weighted by atomic mass is 19.1. The summed E-state index contributed by atoms with van der Waals surface area (Å²) < 4.78 is 26.5. The van der Waals surface area contributed by atoms with Crippen LogP contribution in [0.3, 0.4) is 0 Å². The Morgan fingerprint density at radius 1 is 1.00 bits per heavy atom. The molecule has 2 aliphatic rings. The van der Waals surface area contributed by atoms with Crippen molar-refractivity contribution < 1.29 is 23.2 Å². The summed E-state index contributed by atoms with van der Waals surface area (Å²) >= 11 is 0. The Balaban J connectivity index is 1.44. The highest BCUT2D eigenvalue weighted by molar-refractivity contribution is 6.07. The van der Waals surface area contributed by atoms with Gasteiger partial charge in [-0.1, -0.05) is 18.2 Å². The molecule has 2 aromatic carbocycles. The average Bonchev–Trinajstić information content (AvgIpc) is 2.94. The van der Waals surface area contributed by atoms with Gasteiger partial charge in [-0.05, 0) is 48.7 Å². The number of hydrogen-bond acceptors (Lipinski definition) is 3. The van der Waals surface area contributed by atoms with Gasteiger partial charge in [0, 0.05) is 18.7 Å². The molecule has 4 amide bonds. The number of nitrogens with zero attached hydrogens (tertiary/aromatic N) is 2. The van der Waals surface area contributed by atoms with E-state index in [-0.39, 0.29) is 49.9 Å². The van der Waals surface area contributed by atoms with Crippen molar-refractivity contribution in [3.8, 4) is 0 Å². The van der Waals surface area contributed by atoms with Crippen LogP contribution in [0.15, 0.2) is 48.5 Å². The first-order valence-corrected chi connectivity index (χ1v) is 9.31. The van der Waals surface area contributed by atoms with Gasteiger partial charge < -0.3 is 10.2 Å². The molecule has 1 spiro atoms. The number of halogens is 2. The predicted octanol–water partition coefficient (Wildman–Crippen LogP) is 2.69. The van der Waals surface area contributed by atoms with E-state index < -0.39 is 23.2 Å². The molecule has 0 aromatic heterocycles. The highest BCUT2D eigenvalue weighted by Gasteiger charge is 2.52. The Morgan fingerprint density at radius 2 is 1.69 bits per heavy atom. The number of benzene rings is 2.